The zero-order chi connectivity index (χ0) is 17.0. The second-order valence-electron chi connectivity index (χ2n) is 3.59. The molecule has 1 rings (SSSR count). The summed E-state index contributed by atoms with van der Waals surface area (Å²) in [6, 6.07) is 0. The minimum atomic E-state index is -6.05. The van der Waals surface area contributed by atoms with E-state index in [4.69, 9.17) is 0 Å². The summed E-state index contributed by atoms with van der Waals surface area (Å²) in [7, 11) is 0. The molecule has 1 aromatic rings. The van der Waals surface area contributed by atoms with Crippen LogP contribution in [0.25, 0.3) is 0 Å². The molecule has 0 spiro atoms. The first-order valence-electron chi connectivity index (χ1n) is 4.52. The van der Waals surface area contributed by atoms with Crippen LogP contribution < -0.4 is 0 Å². The summed E-state index contributed by atoms with van der Waals surface area (Å²) in [4.78, 5) is 0. The van der Waals surface area contributed by atoms with Gasteiger partial charge in [-0.3, -0.25) is 0 Å². The van der Waals surface area contributed by atoms with E-state index in [2.05, 4.69) is 23.2 Å². The number of hydrogen-bond donors (Lipinski definition) is 0. The molecule has 0 fully saturated rings. The highest BCUT2D eigenvalue weighted by molar-refractivity contribution is 6.33. The third-order valence-electron chi connectivity index (χ3n) is 2.27. The van der Waals surface area contributed by atoms with E-state index in [1.54, 1.807) is 0 Å². The number of halogens is 12. The lowest BCUT2D eigenvalue weighted by atomic mass is 10.0. The Bertz CT molecular complexity index is 548. The maximum atomic E-state index is 13.4. The van der Waals surface area contributed by atoms with E-state index < -0.39 is 51.1 Å². The third kappa shape index (κ3) is 2.52. The lowest BCUT2D eigenvalue weighted by Crippen LogP contribution is -2.49. The molecule has 21 heavy (non-hydrogen) atoms. The van der Waals surface area contributed by atoms with Crippen LogP contribution >= 0.6 is 23.2 Å². The summed E-state index contributed by atoms with van der Waals surface area (Å²) in [5.74, 6) is -21.1. The highest BCUT2D eigenvalue weighted by Gasteiger charge is 2.71. The van der Waals surface area contributed by atoms with Crippen LogP contribution in [0.3, 0.4) is 0 Å². The van der Waals surface area contributed by atoms with E-state index in [0.29, 0.717) is 0 Å². The molecule has 120 valence electrons. The molecule has 1 atom stereocenters. The van der Waals surface area contributed by atoms with Gasteiger partial charge in [0, 0.05) is 0 Å². The van der Waals surface area contributed by atoms with Gasteiger partial charge in [-0.15, -0.1) is 0 Å². The zero-order valence-corrected chi connectivity index (χ0v) is 10.5. The Morgan fingerprint density at radius 2 is 0.857 bits per heavy atom. The molecular formula is C9Cl2F10. The number of benzene rings is 1. The van der Waals surface area contributed by atoms with Gasteiger partial charge in [-0.25, -0.2) is 26.3 Å². The van der Waals surface area contributed by atoms with Crippen molar-refractivity contribution in [2.24, 2.45) is 0 Å². The quantitative estimate of drug-likeness (QED) is 0.297. The largest absolute Gasteiger partial charge is 0.375 e. The molecule has 0 bridgehead atoms. The van der Waals surface area contributed by atoms with Crippen molar-refractivity contribution >= 4 is 23.2 Å². The van der Waals surface area contributed by atoms with Crippen molar-refractivity contribution < 1.29 is 43.9 Å². The van der Waals surface area contributed by atoms with Gasteiger partial charge >= 0.3 is 16.4 Å². The van der Waals surface area contributed by atoms with Crippen LogP contribution in [0.15, 0.2) is 0 Å². The Morgan fingerprint density at radius 3 is 1.14 bits per heavy atom. The van der Waals surface area contributed by atoms with E-state index >= 15 is 0 Å². The first kappa shape index (κ1) is 18.1. The summed E-state index contributed by atoms with van der Waals surface area (Å²) < 4.78 is 129. The van der Waals surface area contributed by atoms with E-state index in [1.807, 2.05) is 0 Å². The van der Waals surface area contributed by atoms with Crippen molar-refractivity contribution in [3.05, 3.63) is 34.6 Å². The molecule has 1 aromatic carbocycles. The van der Waals surface area contributed by atoms with Crippen molar-refractivity contribution in [3.63, 3.8) is 0 Å². The van der Waals surface area contributed by atoms with Crippen LogP contribution in [-0.2, 0) is 5.92 Å². The molecular weight excluding hydrogens is 369 g/mol. The predicted octanol–water partition coefficient (Wildman–Crippen LogP) is 5.21. The fourth-order valence-corrected chi connectivity index (χ4v) is 1.43. The van der Waals surface area contributed by atoms with Crippen molar-refractivity contribution in [2.75, 3.05) is 0 Å². The lowest BCUT2D eigenvalue weighted by molar-refractivity contribution is -0.179. The van der Waals surface area contributed by atoms with Crippen LogP contribution in [0.2, 0.25) is 0 Å². The highest BCUT2D eigenvalue weighted by atomic mass is 35.5. The molecule has 1 unspecified atom stereocenters. The monoisotopic (exact) mass is 368 g/mol. The minimum Gasteiger partial charge on any atom is -0.211 e. The standard InChI is InChI=1S/C9Cl2F10/c10-8(19,9(11,20)21)7(17,18)1-2(12)4(14)6(16)5(15)3(1)13. The van der Waals surface area contributed by atoms with Gasteiger partial charge in [-0.05, 0) is 11.6 Å². The molecule has 0 heterocycles. The molecule has 0 saturated heterocycles. The molecule has 0 N–H and O–H groups in total. The smallest absolute Gasteiger partial charge is 0.211 e. The molecule has 0 amide bonds. The number of rotatable bonds is 3. The summed E-state index contributed by atoms with van der Waals surface area (Å²) in [5, 5.41) is -11.3. The van der Waals surface area contributed by atoms with Gasteiger partial charge in [-0.2, -0.15) is 17.6 Å². The summed E-state index contributed by atoms with van der Waals surface area (Å²) in [6.07, 6.45) is 0. The van der Waals surface area contributed by atoms with E-state index in [0.717, 1.165) is 0 Å². The first-order chi connectivity index (χ1) is 9.18. The molecule has 0 saturated carbocycles. The van der Waals surface area contributed by atoms with E-state index in [-0.39, 0.29) is 0 Å². The SMILES string of the molecule is Fc1c(F)c(F)c(C(F)(F)C(F)(Cl)C(F)(F)Cl)c(F)c1F. The maximum Gasteiger partial charge on any atom is 0.375 e. The van der Waals surface area contributed by atoms with Crippen LogP contribution in [0.4, 0.5) is 43.9 Å². The van der Waals surface area contributed by atoms with Crippen molar-refractivity contribution in [2.45, 2.75) is 16.4 Å². The molecule has 0 aliphatic rings. The van der Waals surface area contributed by atoms with Crippen molar-refractivity contribution in [3.8, 4) is 0 Å². The van der Waals surface area contributed by atoms with Crippen LogP contribution in [0.5, 0.6) is 0 Å². The Kier molecular flexibility index (Phi) is 4.39. The first-order valence-corrected chi connectivity index (χ1v) is 5.27. The number of alkyl halides is 7. The van der Waals surface area contributed by atoms with Gasteiger partial charge in [0.1, 0.15) is 5.56 Å². The summed E-state index contributed by atoms with van der Waals surface area (Å²) in [5.41, 5.74) is -3.17. The molecule has 0 aliphatic heterocycles. The Balaban J connectivity index is 3.76. The van der Waals surface area contributed by atoms with Crippen molar-refractivity contribution in [1.29, 1.82) is 0 Å². The predicted molar refractivity (Wildman–Crippen MR) is 50.6 cm³/mol. The second-order valence-corrected chi connectivity index (χ2v) is 4.59. The topological polar surface area (TPSA) is 0 Å². The molecule has 12 heteroatoms. The Labute approximate surface area is 119 Å². The Hall–Kier alpha value is -0.900. The van der Waals surface area contributed by atoms with Crippen molar-refractivity contribution in [1.82, 2.24) is 0 Å². The normalized spacial score (nSPS) is 16.0. The molecule has 0 aliphatic carbocycles. The minimum absolute atomic E-state index is 2.85. The van der Waals surface area contributed by atoms with Crippen LogP contribution in [0, 0.1) is 29.1 Å². The van der Waals surface area contributed by atoms with E-state index in [1.165, 1.54) is 0 Å². The van der Waals surface area contributed by atoms with Crippen LogP contribution in [0.1, 0.15) is 5.56 Å². The van der Waals surface area contributed by atoms with Gasteiger partial charge in [0.05, 0.1) is 0 Å². The fraction of sp³-hybridized carbons (Fsp3) is 0.333. The summed E-state index contributed by atoms with van der Waals surface area (Å²) in [6.45, 7) is 0. The van der Waals surface area contributed by atoms with Gasteiger partial charge in [0.15, 0.2) is 23.3 Å². The average Bonchev–Trinajstić information content (AvgIpc) is 2.32. The second kappa shape index (κ2) is 5.08. The molecule has 0 nitrogen and oxygen atoms in total. The van der Waals surface area contributed by atoms with Crippen LogP contribution in [-0.4, -0.2) is 10.5 Å². The fourth-order valence-electron chi connectivity index (χ4n) is 1.22. The third-order valence-corrected chi connectivity index (χ3v) is 3.11. The molecule has 0 radical (unpaired) electrons. The maximum absolute atomic E-state index is 13.4. The highest BCUT2D eigenvalue weighted by Crippen LogP contribution is 2.55. The van der Waals surface area contributed by atoms with Gasteiger partial charge in [0.25, 0.3) is 0 Å². The van der Waals surface area contributed by atoms with Gasteiger partial charge in [-0.1, -0.05) is 11.6 Å². The number of hydrogen-bond acceptors (Lipinski definition) is 0. The zero-order valence-electron chi connectivity index (χ0n) is 9.04. The van der Waals surface area contributed by atoms with Gasteiger partial charge in [0.2, 0.25) is 5.82 Å². The van der Waals surface area contributed by atoms with Gasteiger partial charge < -0.3 is 0 Å². The Morgan fingerprint density at radius 1 is 0.571 bits per heavy atom. The average molecular weight is 369 g/mol. The lowest BCUT2D eigenvalue weighted by Gasteiger charge is -2.31. The molecule has 0 aromatic heterocycles. The van der Waals surface area contributed by atoms with E-state index in [9.17, 15) is 43.9 Å². The summed E-state index contributed by atoms with van der Waals surface area (Å²) >= 11 is 8.10.